The van der Waals surface area contributed by atoms with Gasteiger partial charge in [-0.2, -0.15) is 0 Å². The van der Waals surface area contributed by atoms with E-state index in [-0.39, 0.29) is 5.41 Å². The first-order chi connectivity index (χ1) is 10.3. The predicted octanol–water partition coefficient (Wildman–Crippen LogP) is 2.06. The molecule has 2 fully saturated rings. The number of carbonyl (C=O) groups excluding carboxylic acids is 1. The summed E-state index contributed by atoms with van der Waals surface area (Å²) in [6.45, 7) is 4.54. The van der Waals surface area contributed by atoms with Gasteiger partial charge in [-0.05, 0) is 49.9 Å². The van der Waals surface area contributed by atoms with Crippen molar-refractivity contribution in [2.24, 2.45) is 5.41 Å². The Bertz CT molecular complexity index is 469. The van der Waals surface area contributed by atoms with Gasteiger partial charge in [0.15, 0.2) is 0 Å². The highest BCUT2D eigenvalue weighted by Gasteiger charge is 2.43. The van der Waals surface area contributed by atoms with Crippen molar-refractivity contribution in [1.82, 2.24) is 10.2 Å². The highest BCUT2D eigenvalue weighted by atomic mass is 16.5. The first-order valence-corrected chi connectivity index (χ1v) is 7.94. The Morgan fingerprint density at radius 3 is 2.71 bits per heavy atom. The van der Waals surface area contributed by atoms with Crippen molar-refractivity contribution in [3.05, 3.63) is 30.3 Å². The van der Waals surface area contributed by atoms with E-state index in [0.29, 0.717) is 12.5 Å². The van der Waals surface area contributed by atoms with Gasteiger partial charge in [-0.3, -0.25) is 4.79 Å². The van der Waals surface area contributed by atoms with Gasteiger partial charge in [0.05, 0.1) is 6.61 Å². The van der Waals surface area contributed by atoms with Crippen LogP contribution in [0.4, 0.5) is 0 Å². The molecule has 4 heteroatoms. The van der Waals surface area contributed by atoms with Crippen LogP contribution >= 0.6 is 0 Å². The van der Waals surface area contributed by atoms with Crippen molar-refractivity contribution in [1.29, 1.82) is 0 Å². The third kappa shape index (κ3) is 3.56. The molecule has 0 atom stereocenters. The maximum absolute atomic E-state index is 12.2. The summed E-state index contributed by atoms with van der Waals surface area (Å²) in [6, 6.07) is 9.85. The van der Waals surface area contributed by atoms with E-state index >= 15 is 0 Å². The number of benzene rings is 1. The van der Waals surface area contributed by atoms with Gasteiger partial charge in [0.2, 0.25) is 5.91 Å². The molecular weight excluding hydrogens is 264 g/mol. The molecule has 0 aromatic heterocycles. The minimum Gasteiger partial charge on any atom is -0.494 e. The number of para-hydroxylation sites is 1. The van der Waals surface area contributed by atoms with Gasteiger partial charge >= 0.3 is 0 Å². The Balaban J connectivity index is 1.42. The second-order valence-corrected chi connectivity index (χ2v) is 6.26. The zero-order valence-electron chi connectivity index (χ0n) is 12.5. The van der Waals surface area contributed by atoms with Crippen LogP contribution in [0.2, 0.25) is 0 Å². The van der Waals surface area contributed by atoms with Crippen LogP contribution in [0.5, 0.6) is 5.75 Å². The molecule has 2 aliphatic rings. The van der Waals surface area contributed by atoms with Crippen molar-refractivity contribution in [3.63, 3.8) is 0 Å². The summed E-state index contributed by atoms with van der Waals surface area (Å²) in [5, 5.41) is 3.39. The Labute approximate surface area is 126 Å². The molecule has 1 N–H and O–H groups in total. The summed E-state index contributed by atoms with van der Waals surface area (Å²) in [6.07, 6.45) is 3.91. The van der Waals surface area contributed by atoms with Gasteiger partial charge in [-0.1, -0.05) is 18.2 Å². The van der Waals surface area contributed by atoms with E-state index < -0.39 is 0 Å². The quantitative estimate of drug-likeness (QED) is 0.843. The van der Waals surface area contributed by atoms with Gasteiger partial charge in [-0.25, -0.2) is 0 Å². The van der Waals surface area contributed by atoms with E-state index in [9.17, 15) is 4.79 Å². The van der Waals surface area contributed by atoms with Crippen molar-refractivity contribution >= 4 is 5.91 Å². The SMILES string of the molecule is O=C1CC2(CCNCC2)CN1CCCOc1ccccc1. The van der Waals surface area contributed by atoms with E-state index in [1.54, 1.807) is 0 Å². The number of amides is 1. The summed E-state index contributed by atoms with van der Waals surface area (Å²) >= 11 is 0. The lowest BCUT2D eigenvalue weighted by Gasteiger charge is -2.33. The number of hydrogen-bond donors (Lipinski definition) is 1. The molecule has 3 rings (SSSR count). The molecule has 2 aliphatic heterocycles. The fraction of sp³-hybridized carbons (Fsp3) is 0.588. The van der Waals surface area contributed by atoms with Crippen molar-refractivity contribution in [2.75, 3.05) is 32.8 Å². The molecule has 21 heavy (non-hydrogen) atoms. The van der Waals surface area contributed by atoms with Crippen LogP contribution in [-0.4, -0.2) is 43.6 Å². The maximum atomic E-state index is 12.2. The molecule has 2 heterocycles. The second-order valence-electron chi connectivity index (χ2n) is 6.26. The molecule has 0 bridgehead atoms. The van der Waals surface area contributed by atoms with Gasteiger partial charge < -0.3 is 15.0 Å². The molecule has 4 nitrogen and oxygen atoms in total. The van der Waals surface area contributed by atoms with E-state index in [4.69, 9.17) is 4.74 Å². The largest absolute Gasteiger partial charge is 0.494 e. The number of piperidine rings is 1. The third-order valence-electron chi connectivity index (χ3n) is 4.65. The highest BCUT2D eigenvalue weighted by Crippen LogP contribution is 2.39. The molecule has 0 radical (unpaired) electrons. The summed E-state index contributed by atoms with van der Waals surface area (Å²) < 4.78 is 5.69. The summed E-state index contributed by atoms with van der Waals surface area (Å²) in [5.74, 6) is 1.23. The molecule has 1 aromatic carbocycles. The van der Waals surface area contributed by atoms with Crippen LogP contribution in [0.1, 0.15) is 25.7 Å². The first-order valence-electron chi connectivity index (χ1n) is 7.94. The molecule has 1 amide bonds. The Hall–Kier alpha value is -1.55. The lowest BCUT2D eigenvalue weighted by Crippen LogP contribution is -2.38. The standard InChI is InChI=1S/C17H24N2O2/c20-16-13-17(7-9-18-10-8-17)14-19(16)11-4-12-21-15-5-2-1-3-6-15/h1-3,5-6,18H,4,7-14H2. The fourth-order valence-electron chi connectivity index (χ4n) is 3.44. The van der Waals surface area contributed by atoms with Crippen LogP contribution in [0.25, 0.3) is 0 Å². The average molecular weight is 288 g/mol. The summed E-state index contributed by atoms with van der Waals surface area (Å²) in [5.41, 5.74) is 0.253. The number of nitrogens with one attached hydrogen (secondary N) is 1. The molecular formula is C17H24N2O2. The van der Waals surface area contributed by atoms with Gasteiger partial charge in [0, 0.05) is 19.5 Å². The van der Waals surface area contributed by atoms with Crippen molar-refractivity contribution < 1.29 is 9.53 Å². The number of carbonyl (C=O) groups is 1. The van der Waals surface area contributed by atoms with E-state index in [1.807, 2.05) is 35.2 Å². The molecule has 0 unspecified atom stereocenters. The van der Waals surface area contributed by atoms with Gasteiger partial charge in [-0.15, -0.1) is 0 Å². The minimum atomic E-state index is 0.253. The number of rotatable bonds is 5. The molecule has 2 saturated heterocycles. The Kier molecular flexibility index (Phi) is 4.44. The summed E-state index contributed by atoms with van der Waals surface area (Å²) in [7, 11) is 0. The van der Waals surface area contributed by atoms with Crippen molar-refractivity contribution in [3.8, 4) is 5.75 Å². The number of ether oxygens (including phenoxy) is 1. The molecule has 0 saturated carbocycles. The summed E-state index contributed by atoms with van der Waals surface area (Å²) in [4.78, 5) is 14.2. The lowest BCUT2D eigenvalue weighted by molar-refractivity contribution is -0.127. The van der Waals surface area contributed by atoms with E-state index in [1.165, 1.54) is 0 Å². The Morgan fingerprint density at radius 2 is 1.95 bits per heavy atom. The van der Waals surface area contributed by atoms with Gasteiger partial charge in [0.25, 0.3) is 0 Å². The third-order valence-corrected chi connectivity index (χ3v) is 4.65. The zero-order chi connectivity index (χ0) is 14.5. The fourth-order valence-corrected chi connectivity index (χ4v) is 3.44. The number of hydrogen-bond acceptors (Lipinski definition) is 3. The highest BCUT2D eigenvalue weighted by molar-refractivity contribution is 5.79. The topological polar surface area (TPSA) is 41.6 Å². The molecule has 1 spiro atoms. The molecule has 1 aromatic rings. The normalized spacial score (nSPS) is 21.0. The van der Waals surface area contributed by atoms with Crippen LogP contribution in [0.15, 0.2) is 30.3 Å². The smallest absolute Gasteiger partial charge is 0.223 e. The Morgan fingerprint density at radius 1 is 1.19 bits per heavy atom. The van der Waals surface area contributed by atoms with Crippen LogP contribution < -0.4 is 10.1 Å². The van der Waals surface area contributed by atoms with E-state index in [2.05, 4.69) is 5.32 Å². The van der Waals surface area contributed by atoms with Crippen LogP contribution in [0.3, 0.4) is 0 Å². The number of nitrogens with zero attached hydrogens (tertiary/aromatic N) is 1. The number of likely N-dealkylation sites (tertiary alicyclic amines) is 1. The lowest BCUT2D eigenvalue weighted by atomic mass is 9.78. The molecule has 114 valence electrons. The van der Waals surface area contributed by atoms with Crippen LogP contribution in [0, 0.1) is 5.41 Å². The zero-order valence-corrected chi connectivity index (χ0v) is 12.5. The average Bonchev–Trinajstić information content (AvgIpc) is 2.81. The maximum Gasteiger partial charge on any atom is 0.223 e. The van der Waals surface area contributed by atoms with E-state index in [0.717, 1.165) is 57.6 Å². The molecule has 0 aliphatic carbocycles. The van der Waals surface area contributed by atoms with Crippen molar-refractivity contribution in [2.45, 2.75) is 25.7 Å². The second kappa shape index (κ2) is 6.48. The first kappa shape index (κ1) is 14.4. The minimum absolute atomic E-state index is 0.253. The predicted molar refractivity (Wildman–Crippen MR) is 82.3 cm³/mol. The monoisotopic (exact) mass is 288 g/mol. The van der Waals surface area contributed by atoms with Crippen LogP contribution in [-0.2, 0) is 4.79 Å². The van der Waals surface area contributed by atoms with Gasteiger partial charge in [0.1, 0.15) is 5.75 Å².